The standard InChI is InChI=1S/C9H15NS/c1-6(2)8(10)9-7(3)4-5-11-9/h4-6,8H,10H2,1-3H3/t8-/m1/s1. The maximum atomic E-state index is 5.99. The molecule has 1 aromatic heterocycles. The first kappa shape index (κ1) is 8.75. The van der Waals surface area contributed by atoms with E-state index in [0.717, 1.165) is 0 Å². The van der Waals surface area contributed by atoms with Crippen molar-refractivity contribution in [3.8, 4) is 0 Å². The summed E-state index contributed by atoms with van der Waals surface area (Å²) in [4.78, 5) is 1.33. The second-order valence-corrected chi connectivity index (χ2v) is 4.19. The lowest BCUT2D eigenvalue weighted by Crippen LogP contribution is -2.15. The van der Waals surface area contributed by atoms with Crippen LogP contribution in [0.3, 0.4) is 0 Å². The van der Waals surface area contributed by atoms with Crippen molar-refractivity contribution in [3.63, 3.8) is 0 Å². The van der Waals surface area contributed by atoms with Crippen molar-refractivity contribution in [1.29, 1.82) is 0 Å². The van der Waals surface area contributed by atoms with E-state index in [0.29, 0.717) is 5.92 Å². The van der Waals surface area contributed by atoms with Crippen molar-refractivity contribution in [1.82, 2.24) is 0 Å². The van der Waals surface area contributed by atoms with Gasteiger partial charge in [0.1, 0.15) is 0 Å². The maximum Gasteiger partial charge on any atom is 0.0415 e. The van der Waals surface area contributed by atoms with Crippen LogP contribution in [0.2, 0.25) is 0 Å². The molecule has 0 aromatic carbocycles. The molecule has 1 atom stereocenters. The third kappa shape index (κ3) is 1.82. The van der Waals surface area contributed by atoms with E-state index in [-0.39, 0.29) is 6.04 Å². The summed E-state index contributed by atoms with van der Waals surface area (Å²) in [7, 11) is 0. The highest BCUT2D eigenvalue weighted by molar-refractivity contribution is 7.10. The molecule has 1 nitrogen and oxygen atoms in total. The molecular weight excluding hydrogens is 154 g/mol. The van der Waals surface area contributed by atoms with Crippen molar-refractivity contribution < 1.29 is 0 Å². The number of nitrogens with two attached hydrogens (primary N) is 1. The zero-order valence-corrected chi connectivity index (χ0v) is 8.11. The van der Waals surface area contributed by atoms with Crippen molar-refractivity contribution in [3.05, 3.63) is 21.9 Å². The largest absolute Gasteiger partial charge is 0.323 e. The summed E-state index contributed by atoms with van der Waals surface area (Å²) in [5, 5.41) is 2.10. The van der Waals surface area contributed by atoms with Gasteiger partial charge in [-0.05, 0) is 29.9 Å². The second kappa shape index (κ2) is 3.37. The van der Waals surface area contributed by atoms with Crippen LogP contribution in [0, 0.1) is 12.8 Å². The normalized spacial score (nSPS) is 13.9. The predicted molar refractivity (Wildman–Crippen MR) is 50.8 cm³/mol. The van der Waals surface area contributed by atoms with E-state index >= 15 is 0 Å². The summed E-state index contributed by atoms with van der Waals surface area (Å²) in [6.45, 7) is 6.43. The topological polar surface area (TPSA) is 26.0 Å². The van der Waals surface area contributed by atoms with Gasteiger partial charge < -0.3 is 5.73 Å². The Morgan fingerprint density at radius 2 is 2.09 bits per heavy atom. The van der Waals surface area contributed by atoms with Crippen LogP contribution in [0.5, 0.6) is 0 Å². The van der Waals surface area contributed by atoms with Gasteiger partial charge in [0.05, 0.1) is 0 Å². The minimum atomic E-state index is 0.218. The van der Waals surface area contributed by atoms with Crippen LogP contribution in [-0.4, -0.2) is 0 Å². The van der Waals surface area contributed by atoms with E-state index in [1.165, 1.54) is 10.4 Å². The first-order valence-electron chi connectivity index (χ1n) is 3.92. The summed E-state index contributed by atoms with van der Waals surface area (Å²) in [6, 6.07) is 2.34. The number of thiophene rings is 1. The van der Waals surface area contributed by atoms with Crippen LogP contribution in [0.25, 0.3) is 0 Å². The molecule has 0 amide bonds. The summed E-state index contributed by atoms with van der Waals surface area (Å²) in [6.07, 6.45) is 0. The lowest BCUT2D eigenvalue weighted by Gasteiger charge is -2.14. The quantitative estimate of drug-likeness (QED) is 0.723. The van der Waals surface area contributed by atoms with Crippen LogP contribution < -0.4 is 5.73 Å². The first-order valence-corrected chi connectivity index (χ1v) is 4.80. The fraction of sp³-hybridized carbons (Fsp3) is 0.556. The molecule has 62 valence electrons. The van der Waals surface area contributed by atoms with E-state index < -0.39 is 0 Å². The van der Waals surface area contributed by atoms with Gasteiger partial charge in [0, 0.05) is 10.9 Å². The van der Waals surface area contributed by atoms with Gasteiger partial charge >= 0.3 is 0 Å². The van der Waals surface area contributed by atoms with Gasteiger partial charge in [-0.3, -0.25) is 0 Å². The molecule has 0 aliphatic rings. The van der Waals surface area contributed by atoms with Crippen LogP contribution in [0.1, 0.15) is 30.3 Å². The number of hydrogen-bond donors (Lipinski definition) is 1. The minimum Gasteiger partial charge on any atom is -0.323 e. The van der Waals surface area contributed by atoms with E-state index in [2.05, 4.69) is 32.2 Å². The molecular formula is C9H15NS. The lowest BCUT2D eigenvalue weighted by molar-refractivity contribution is 0.520. The molecule has 0 unspecified atom stereocenters. The van der Waals surface area contributed by atoms with Gasteiger partial charge in [-0.15, -0.1) is 11.3 Å². The number of rotatable bonds is 2. The molecule has 2 heteroatoms. The molecule has 0 fully saturated rings. The van der Waals surface area contributed by atoms with Gasteiger partial charge in [0.25, 0.3) is 0 Å². The average Bonchev–Trinajstić information content (AvgIpc) is 2.33. The van der Waals surface area contributed by atoms with E-state index in [4.69, 9.17) is 5.73 Å². The maximum absolute atomic E-state index is 5.99. The van der Waals surface area contributed by atoms with Gasteiger partial charge in [-0.25, -0.2) is 0 Å². The Morgan fingerprint density at radius 3 is 2.45 bits per heavy atom. The summed E-state index contributed by atoms with van der Waals surface area (Å²) in [5.41, 5.74) is 7.32. The molecule has 0 saturated carbocycles. The van der Waals surface area contributed by atoms with Crippen molar-refractivity contribution in [2.24, 2.45) is 11.7 Å². The van der Waals surface area contributed by atoms with Crippen molar-refractivity contribution in [2.45, 2.75) is 26.8 Å². The number of hydrogen-bond acceptors (Lipinski definition) is 2. The Kier molecular flexibility index (Phi) is 2.68. The Morgan fingerprint density at radius 1 is 1.45 bits per heavy atom. The second-order valence-electron chi connectivity index (χ2n) is 3.24. The van der Waals surface area contributed by atoms with Gasteiger partial charge in [-0.1, -0.05) is 13.8 Å². The fourth-order valence-corrected chi connectivity index (χ4v) is 2.13. The molecule has 0 radical (unpaired) electrons. The average molecular weight is 169 g/mol. The van der Waals surface area contributed by atoms with Crippen LogP contribution in [-0.2, 0) is 0 Å². The molecule has 1 rings (SSSR count). The van der Waals surface area contributed by atoms with Crippen LogP contribution >= 0.6 is 11.3 Å². The molecule has 11 heavy (non-hydrogen) atoms. The zero-order chi connectivity index (χ0) is 8.43. The monoisotopic (exact) mass is 169 g/mol. The molecule has 1 aromatic rings. The van der Waals surface area contributed by atoms with Gasteiger partial charge in [-0.2, -0.15) is 0 Å². The fourth-order valence-electron chi connectivity index (χ4n) is 1.03. The van der Waals surface area contributed by atoms with Crippen molar-refractivity contribution in [2.75, 3.05) is 0 Å². The smallest absolute Gasteiger partial charge is 0.0415 e. The lowest BCUT2D eigenvalue weighted by atomic mass is 10.0. The summed E-state index contributed by atoms with van der Waals surface area (Å²) in [5.74, 6) is 0.535. The molecule has 0 aliphatic heterocycles. The third-order valence-corrected chi connectivity index (χ3v) is 3.04. The van der Waals surface area contributed by atoms with Crippen molar-refractivity contribution >= 4 is 11.3 Å². The van der Waals surface area contributed by atoms with Crippen LogP contribution in [0.4, 0.5) is 0 Å². The highest BCUT2D eigenvalue weighted by Crippen LogP contribution is 2.26. The Balaban J connectivity index is 2.84. The highest BCUT2D eigenvalue weighted by atomic mass is 32.1. The first-order chi connectivity index (χ1) is 5.13. The minimum absolute atomic E-state index is 0.218. The molecule has 0 bridgehead atoms. The molecule has 0 spiro atoms. The number of aryl methyl sites for hydroxylation is 1. The third-order valence-electron chi connectivity index (χ3n) is 1.92. The molecule has 1 heterocycles. The summed E-state index contributed by atoms with van der Waals surface area (Å²) < 4.78 is 0. The Labute approximate surface area is 72.2 Å². The molecule has 0 aliphatic carbocycles. The van der Waals surface area contributed by atoms with Crippen LogP contribution in [0.15, 0.2) is 11.4 Å². The molecule has 0 saturated heterocycles. The Hall–Kier alpha value is -0.340. The van der Waals surface area contributed by atoms with Gasteiger partial charge in [0.15, 0.2) is 0 Å². The molecule has 2 N–H and O–H groups in total. The van der Waals surface area contributed by atoms with E-state index in [1.807, 2.05) is 0 Å². The summed E-state index contributed by atoms with van der Waals surface area (Å²) >= 11 is 1.76. The predicted octanol–water partition coefficient (Wildman–Crippen LogP) is 2.71. The zero-order valence-electron chi connectivity index (χ0n) is 7.29. The van der Waals surface area contributed by atoms with E-state index in [1.54, 1.807) is 11.3 Å². The Bertz CT molecular complexity index is 227. The SMILES string of the molecule is Cc1ccsc1[C@H](N)C(C)C. The van der Waals surface area contributed by atoms with E-state index in [9.17, 15) is 0 Å². The highest BCUT2D eigenvalue weighted by Gasteiger charge is 2.13. The van der Waals surface area contributed by atoms with Gasteiger partial charge in [0.2, 0.25) is 0 Å².